The first-order valence-electron chi connectivity index (χ1n) is 8.17. The summed E-state index contributed by atoms with van der Waals surface area (Å²) < 4.78 is 11.9. The Bertz CT molecular complexity index is 1190. The third-order valence-electron chi connectivity index (χ3n) is 4.64. The third kappa shape index (κ3) is 1.96. The zero-order valence-corrected chi connectivity index (χ0v) is 13.4. The fourth-order valence-corrected chi connectivity index (χ4v) is 3.55. The lowest BCUT2D eigenvalue weighted by molar-refractivity contribution is 0.578. The lowest BCUT2D eigenvalue weighted by atomic mass is 9.99. The molecule has 0 amide bonds. The first-order valence-corrected chi connectivity index (χ1v) is 8.17. The van der Waals surface area contributed by atoms with E-state index >= 15 is 0 Å². The van der Waals surface area contributed by atoms with Crippen molar-refractivity contribution in [2.45, 2.75) is 13.3 Å². The summed E-state index contributed by atoms with van der Waals surface area (Å²) in [6, 6.07) is 23.0. The zero-order chi connectivity index (χ0) is 16.1. The van der Waals surface area contributed by atoms with Gasteiger partial charge in [0.2, 0.25) is 0 Å². The molecule has 0 saturated heterocycles. The normalized spacial score (nSPS) is 11.7. The SMILES string of the molecule is Cc1cc2c(Cc3cccc4c3oc3ccccc34)cccc2o1. The van der Waals surface area contributed by atoms with Gasteiger partial charge in [-0.2, -0.15) is 0 Å². The van der Waals surface area contributed by atoms with Gasteiger partial charge in [-0.05, 0) is 36.2 Å². The van der Waals surface area contributed by atoms with Crippen molar-refractivity contribution in [2.24, 2.45) is 0 Å². The molecule has 116 valence electrons. The van der Waals surface area contributed by atoms with Crippen LogP contribution in [0.15, 0.2) is 75.6 Å². The van der Waals surface area contributed by atoms with Crippen molar-refractivity contribution in [1.29, 1.82) is 0 Å². The van der Waals surface area contributed by atoms with Crippen LogP contribution >= 0.6 is 0 Å². The van der Waals surface area contributed by atoms with E-state index in [4.69, 9.17) is 8.83 Å². The van der Waals surface area contributed by atoms with Crippen LogP contribution in [0.3, 0.4) is 0 Å². The fourth-order valence-electron chi connectivity index (χ4n) is 3.55. The van der Waals surface area contributed by atoms with Gasteiger partial charge in [-0.1, -0.05) is 48.5 Å². The van der Waals surface area contributed by atoms with Crippen molar-refractivity contribution in [1.82, 2.24) is 0 Å². The predicted octanol–water partition coefficient (Wildman–Crippen LogP) is 6.23. The number of benzene rings is 3. The van der Waals surface area contributed by atoms with Crippen LogP contribution in [0, 0.1) is 6.92 Å². The largest absolute Gasteiger partial charge is 0.461 e. The van der Waals surface area contributed by atoms with Crippen LogP contribution in [0.4, 0.5) is 0 Å². The van der Waals surface area contributed by atoms with E-state index in [1.54, 1.807) is 0 Å². The van der Waals surface area contributed by atoms with Crippen LogP contribution < -0.4 is 0 Å². The molecule has 2 aromatic heterocycles. The number of rotatable bonds is 2. The lowest BCUT2D eigenvalue weighted by Crippen LogP contribution is -1.89. The van der Waals surface area contributed by atoms with Gasteiger partial charge in [-0.15, -0.1) is 0 Å². The molecule has 0 atom stereocenters. The van der Waals surface area contributed by atoms with Gasteiger partial charge >= 0.3 is 0 Å². The van der Waals surface area contributed by atoms with Crippen LogP contribution in [0.2, 0.25) is 0 Å². The first-order chi connectivity index (χ1) is 11.8. The summed E-state index contributed by atoms with van der Waals surface area (Å²) in [7, 11) is 0. The molecule has 0 unspecified atom stereocenters. The minimum absolute atomic E-state index is 0.827. The Morgan fingerprint density at radius 3 is 2.33 bits per heavy atom. The summed E-state index contributed by atoms with van der Waals surface area (Å²) in [5.41, 5.74) is 5.34. The highest BCUT2D eigenvalue weighted by Gasteiger charge is 2.12. The fraction of sp³-hybridized carbons (Fsp3) is 0.0909. The number of para-hydroxylation sites is 2. The third-order valence-corrected chi connectivity index (χ3v) is 4.64. The Kier molecular flexibility index (Phi) is 2.80. The molecule has 0 radical (unpaired) electrons. The number of aryl methyl sites for hydroxylation is 1. The van der Waals surface area contributed by atoms with Crippen LogP contribution in [0.25, 0.3) is 32.9 Å². The smallest absolute Gasteiger partial charge is 0.138 e. The van der Waals surface area contributed by atoms with E-state index in [0.29, 0.717) is 0 Å². The van der Waals surface area contributed by atoms with Gasteiger partial charge in [0.1, 0.15) is 22.5 Å². The van der Waals surface area contributed by atoms with E-state index in [9.17, 15) is 0 Å². The highest BCUT2D eigenvalue weighted by molar-refractivity contribution is 6.05. The molecule has 0 spiro atoms. The van der Waals surface area contributed by atoms with Gasteiger partial charge in [0.15, 0.2) is 0 Å². The van der Waals surface area contributed by atoms with Crippen LogP contribution in [-0.2, 0) is 6.42 Å². The van der Waals surface area contributed by atoms with E-state index in [1.165, 1.54) is 27.3 Å². The molecule has 5 aromatic rings. The van der Waals surface area contributed by atoms with Gasteiger partial charge in [0, 0.05) is 22.6 Å². The second-order valence-corrected chi connectivity index (χ2v) is 6.25. The molecule has 3 aromatic carbocycles. The van der Waals surface area contributed by atoms with Gasteiger partial charge in [-0.25, -0.2) is 0 Å². The summed E-state index contributed by atoms with van der Waals surface area (Å²) in [6.07, 6.45) is 0.827. The van der Waals surface area contributed by atoms with Gasteiger partial charge < -0.3 is 8.83 Å². The van der Waals surface area contributed by atoms with Crippen molar-refractivity contribution in [3.63, 3.8) is 0 Å². The summed E-state index contributed by atoms with van der Waals surface area (Å²) in [5, 5.41) is 3.54. The molecule has 0 aliphatic rings. The van der Waals surface area contributed by atoms with Gasteiger partial charge in [0.05, 0.1) is 0 Å². The number of hydrogen-bond acceptors (Lipinski definition) is 2. The Hall–Kier alpha value is -3.00. The van der Waals surface area contributed by atoms with Gasteiger partial charge in [0.25, 0.3) is 0 Å². The molecule has 2 heterocycles. The topological polar surface area (TPSA) is 26.3 Å². The van der Waals surface area contributed by atoms with Gasteiger partial charge in [-0.3, -0.25) is 0 Å². The Balaban J connectivity index is 1.71. The quantitative estimate of drug-likeness (QED) is 0.386. The van der Waals surface area contributed by atoms with Crippen molar-refractivity contribution in [3.8, 4) is 0 Å². The Morgan fingerprint density at radius 2 is 1.38 bits per heavy atom. The van der Waals surface area contributed by atoms with Crippen LogP contribution in [0.5, 0.6) is 0 Å². The van der Waals surface area contributed by atoms with E-state index in [1.807, 2.05) is 25.1 Å². The number of fused-ring (bicyclic) bond motifs is 4. The van der Waals surface area contributed by atoms with E-state index in [2.05, 4.69) is 48.5 Å². The molecule has 24 heavy (non-hydrogen) atoms. The zero-order valence-electron chi connectivity index (χ0n) is 13.4. The van der Waals surface area contributed by atoms with Crippen LogP contribution in [-0.4, -0.2) is 0 Å². The molecular weight excluding hydrogens is 296 g/mol. The lowest BCUT2D eigenvalue weighted by Gasteiger charge is -2.04. The van der Waals surface area contributed by atoms with E-state index < -0.39 is 0 Å². The molecule has 0 aliphatic carbocycles. The van der Waals surface area contributed by atoms with E-state index in [0.717, 1.165) is 28.9 Å². The van der Waals surface area contributed by atoms with Crippen molar-refractivity contribution >= 4 is 32.9 Å². The Labute approximate surface area is 139 Å². The molecule has 0 N–H and O–H groups in total. The summed E-state index contributed by atoms with van der Waals surface area (Å²) in [4.78, 5) is 0. The average Bonchev–Trinajstić information content (AvgIpc) is 3.16. The van der Waals surface area contributed by atoms with Crippen LogP contribution in [0.1, 0.15) is 16.9 Å². The van der Waals surface area contributed by atoms with Crippen molar-refractivity contribution in [2.75, 3.05) is 0 Å². The van der Waals surface area contributed by atoms with Crippen molar-refractivity contribution < 1.29 is 8.83 Å². The maximum absolute atomic E-state index is 6.15. The summed E-state index contributed by atoms with van der Waals surface area (Å²) in [5.74, 6) is 0.944. The standard InChI is InChI=1S/C22H16O2/c1-14-12-19-15(6-5-11-21(19)23-14)13-16-7-4-9-18-17-8-2-3-10-20(17)24-22(16)18/h2-12H,13H2,1H3. The molecular formula is C22H16O2. The summed E-state index contributed by atoms with van der Waals surface area (Å²) >= 11 is 0. The predicted molar refractivity (Wildman–Crippen MR) is 97.5 cm³/mol. The minimum Gasteiger partial charge on any atom is -0.461 e. The molecule has 2 heteroatoms. The van der Waals surface area contributed by atoms with E-state index in [-0.39, 0.29) is 0 Å². The average molecular weight is 312 g/mol. The molecule has 2 nitrogen and oxygen atoms in total. The minimum atomic E-state index is 0.827. The second kappa shape index (κ2) is 5.00. The second-order valence-electron chi connectivity index (χ2n) is 6.25. The molecule has 0 saturated carbocycles. The monoisotopic (exact) mass is 312 g/mol. The Morgan fingerprint density at radius 1 is 0.667 bits per heavy atom. The highest BCUT2D eigenvalue weighted by Crippen LogP contribution is 2.33. The molecule has 5 rings (SSSR count). The number of hydrogen-bond donors (Lipinski definition) is 0. The number of furan rings is 2. The maximum Gasteiger partial charge on any atom is 0.138 e. The molecule has 0 fully saturated rings. The highest BCUT2D eigenvalue weighted by atomic mass is 16.3. The van der Waals surface area contributed by atoms with Crippen molar-refractivity contribution in [3.05, 3.63) is 83.6 Å². The molecule has 0 bridgehead atoms. The molecule has 0 aliphatic heterocycles. The first kappa shape index (κ1) is 13.4. The summed E-state index contributed by atoms with van der Waals surface area (Å²) in [6.45, 7) is 1.99. The maximum atomic E-state index is 6.15.